The van der Waals surface area contributed by atoms with Crippen LogP contribution in [0.1, 0.15) is 16.1 Å². The minimum Gasteiger partial charge on any atom is -0.451 e. The molecule has 7 heteroatoms. The number of hydrogen-bond donors (Lipinski definition) is 1. The number of carbonyl (C=O) groups is 1. The molecule has 0 bridgehead atoms. The second kappa shape index (κ2) is 8.19. The largest absolute Gasteiger partial charge is 0.451 e. The molecule has 0 aliphatic heterocycles. The Hall–Kier alpha value is -3.54. The fourth-order valence-electron chi connectivity index (χ4n) is 3.43. The number of carbonyl (C=O) groups excluding carboxylic acids is 1. The van der Waals surface area contributed by atoms with Crippen LogP contribution in [0.4, 0.5) is 5.69 Å². The number of rotatable bonds is 4. The van der Waals surface area contributed by atoms with Gasteiger partial charge in [0.1, 0.15) is 11.3 Å². The Morgan fingerprint density at radius 1 is 0.906 bits per heavy atom. The summed E-state index contributed by atoms with van der Waals surface area (Å²) in [7, 11) is 0. The third kappa shape index (κ3) is 3.88. The Bertz CT molecular complexity index is 1450. The Morgan fingerprint density at radius 2 is 1.69 bits per heavy atom. The lowest BCUT2D eigenvalue weighted by Gasteiger charge is -2.10. The first-order chi connectivity index (χ1) is 15.5. The average Bonchev–Trinajstić information content (AvgIpc) is 3.43. The van der Waals surface area contributed by atoms with Crippen molar-refractivity contribution in [2.45, 2.75) is 6.92 Å². The summed E-state index contributed by atoms with van der Waals surface area (Å²) in [6, 6.07) is 21.4. The van der Waals surface area contributed by atoms with Crippen LogP contribution in [0.2, 0.25) is 10.0 Å². The molecule has 2 heterocycles. The van der Waals surface area contributed by atoms with Crippen molar-refractivity contribution in [1.82, 2.24) is 4.98 Å². The highest BCUT2D eigenvalue weighted by Crippen LogP contribution is 2.32. The SMILES string of the molecule is Cc1c(NC(=O)c2ccc(-c3ccc(Cl)cc3)o2)cccc1-c1nc2cc(Cl)ccc2o1. The van der Waals surface area contributed by atoms with Crippen molar-refractivity contribution in [1.29, 1.82) is 0 Å². The molecule has 32 heavy (non-hydrogen) atoms. The van der Waals surface area contributed by atoms with Gasteiger partial charge in [0.25, 0.3) is 5.91 Å². The molecule has 0 fully saturated rings. The van der Waals surface area contributed by atoms with Crippen LogP contribution >= 0.6 is 23.2 Å². The standard InChI is InChI=1S/C25H16Cl2N2O3/c1-14-18(25-29-20-13-17(27)9-10-22(20)32-25)3-2-4-19(14)28-24(30)23-12-11-21(31-23)15-5-7-16(26)8-6-15/h2-13H,1H3,(H,28,30). The molecule has 5 aromatic rings. The van der Waals surface area contributed by atoms with Gasteiger partial charge in [0, 0.05) is 26.9 Å². The van der Waals surface area contributed by atoms with Crippen LogP contribution in [0, 0.1) is 6.92 Å². The van der Waals surface area contributed by atoms with E-state index >= 15 is 0 Å². The molecule has 2 aromatic heterocycles. The minimum atomic E-state index is -0.352. The number of furan rings is 1. The molecule has 0 radical (unpaired) electrons. The molecule has 1 amide bonds. The molecule has 0 spiro atoms. The number of benzene rings is 3. The van der Waals surface area contributed by atoms with E-state index in [1.54, 1.807) is 42.5 Å². The molecule has 1 N–H and O–H groups in total. The van der Waals surface area contributed by atoms with Crippen molar-refractivity contribution in [2.75, 3.05) is 5.32 Å². The summed E-state index contributed by atoms with van der Waals surface area (Å²) in [6.07, 6.45) is 0. The predicted molar refractivity (Wildman–Crippen MR) is 126 cm³/mol. The Morgan fingerprint density at radius 3 is 2.50 bits per heavy atom. The first-order valence-electron chi connectivity index (χ1n) is 9.81. The molecule has 0 aliphatic carbocycles. The lowest BCUT2D eigenvalue weighted by molar-refractivity contribution is 0.0997. The van der Waals surface area contributed by atoms with Gasteiger partial charge >= 0.3 is 0 Å². The Balaban J connectivity index is 1.41. The van der Waals surface area contributed by atoms with E-state index in [9.17, 15) is 4.79 Å². The summed E-state index contributed by atoms with van der Waals surface area (Å²) in [5, 5.41) is 4.13. The highest BCUT2D eigenvalue weighted by Gasteiger charge is 2.17. The highest BCUT2D eigenvalue weighted by molar-refractivity contribution is 6.31. The summed E-state index contributed by atoms with van der Waals surface area (Å²) in [6.45, 7) is 1.90. The molecular formula is C25H16Cl2N2O3. The van der Waals surface area contributed by atoms with E-state index in [4.69, 9.17) is 32.0 Å². The van der Waals surface area contributed by atoms with Crippen LogP contribution in [0.25, 0.3) is 33.9 Å². The topological polar surface area (TPSA) is 68.3 Å². The maximum absolute atomic E-state index is 12.8. The summed E-state index contributed by atoms with van der Waals surface area (Å²) in [5.41, 5.74) is 4.38. The lowest BCUT2D eigenvalue weighted by atomic mass is 10.1. The number of aromatic nitrogens is 1. The van der Waals surface area contributed by atoms with Gasteiger partial charge in [-0.15, -0.1) is 0 Å². The van der Waals surface area contributed by atoms with Crippen molar-refractivity contribution < 1.29 is 13.6 Å². The smallest absolute Gasteiger partial charge is 0.291 e. The molecule has 3 aromatic carbocycles. The zero-order valence-corrected chi connectivity index (χ0v) is 18.4. The number of oxazole rings is 1. The molecule has 0 atom stereocenters. The number of amides is 1. The minimum absolute atomic E-state index is 0.205. The maximum atomic E-state index is 12.8. The van der Waals surface area contributed by atoms with Gasteiger partial charge in [0.15, 0.2) is 11.3 Å². The Kier molecular flexibility index (Phi) is 5.21. The Labute approximate surface area is 193 Å². The number of hydrogen-bond acceptors (Lipinski definition) is 4. The molecule has 0 unspecified atom stereocenters. The van der Waals surface area contributed by atoms with Gasteiger partial charge in [0.2, 0.25) is 5.89 Å². The van der Waals surface area contributed by atoms with E-state index in [0.717, 1.165) is 16.7 Å². The summed E-state index contributed by atoms with van der Waals surface area (Å²) in [5.74, 6) is 0.896. The normalized spacial score (nSPS) is 11.1. The van der Waals surface area contributed by atoms with Crippen molar-refractivity contribution in [3.8, 4) is 22.8 Å². The monoisotopic (exact) mass is 462 g/mol. The van der Waals surface area contributed by atoms with Crippen molar-refractivity contribution >= 4 is 45.9 Å². The first-order valence-corrected chi connectivity index (χ1v) is 10.6. The quantitative estimate of drug-likeness (QED) is 0.298. The van der Waals surface area contributed by atoms with Crippen LogP contribution in [0.3, 0.4) is 0 Å². The van der Waals surface area contributed by atoms with Crippen LogP contribution in [0.5, 0.6) is 0 Å². The number of nitrogens with zero attached hydrogens (tertiary/aromatic N) is 1. The first kappa shape index (κ1) is 20.4. The van der Waals surface area contributed by atoms with Gasteiger partial charge in [-0.25, -0.2) is 4.98 Å². The second-order valence-electron chi connectivity index (χ2n) is 7.23. The van der Waals surface area contributed by atoms with Crippen LogP contribution < -0.4 is 5.32 Å². The third-order valence-corrected chi connectivity index (χ3v) is 5.61. The van der Waals surface area contributed by atoms with Crippen LogP contribution in [0.15, 0.2) is 81.6 Å². The highest BCUT2D eigenvalue weighted by atomic mass is 35.5. The van der Waals surface area contributed by atoms with E-state index in [1.807, 2.05) is 37.3 Å². The number of nitrogens with one attached hydrogen (secondary N) is 1. The van der Waals surface area contributed by atoms with Crippen LogP contribution in [-0.2, 0) is 0 Å². The molecule has 0 saturated heterocycles. The van der Waals surface area contributed by atoms with E-state index in [0.29, 0.717) is 38.5 Å². The van der Waals surface area contributed by atoms with E-state index in [-0.39, 0.29) is 11.7 Å². The van der Waals surface area contributed by atoms with Crippen molar-refractivity contribution in [3.63, 3.8) is 0 Å². The fraction of sp³-hybridized carbons (Fsp3) is 0.0400. The summed E-state index contributed by atoms with van der Waals surface area (Å²) in [4.78, 5) is 17.3. The van der Waals surface area contributed by atoms with Crippen molar-refractivity contribution in [3.05, 3.63) is 94.2 Å². The fourth-order valence-corrected chi connectivity index (χ4v) is 3.72. The van der Waals surface area contributed by atoms with Gasteiger partial charge in [-0.1, -0.05) is 29.3 Å². The van der Waals surface area contributed by atoms with E-state index in [2.05, 4.69) is 10.3 Å². The maximum Gasteiger partial charge on any atom is 0.291 e. The number of anilines is 1. The summed E-state index contributed by atoms with van der Waals surface area (Å²) >= 11 is 12.0. The summed E-state index contributed by atoms with van der Waals surface area (Å²) < 4.78 is 11.6. The zero-order valence-electron chi connectivity index (χ0n) is 16.9. The van der Waals surface area contributed by atoms with Crippen LogP contribution in [-0.4, -0.2) is 10.9 Å². The molecule has 158 valence electrons. The molecule has 5 nitrogen and oxygen atoms in total. The van der Waals surface area contributed by atoms with E-state index < -0.39 is 0 Å². The lowest BCUT2D eigenvalue weighted by Crippen LogP contribution is -2.12. The molecule has 5 rings (SSSR count). The van der Waals surface area contributed by atoms with E-state index in [1.165, 1.54) is 0 Å². The van der Waals surface area contributed by atoms with Gasteiger partial charge < -0.3 is 14.2 Å². The van der Waals surface area contributed by atoms with Gasteiger partial charge in [0.05, 0.1) is 0 Å². The molecule has 0 aliphatic rings. The van der Waals surface area contributed by atoms with Gasteiger partial charge in [-0.3, -0.25) is 4.79 Å². The molecule has 0 saturated carbocycles. The predicted octanol–water partition coefficient (Wildman–Crippen LogP) is 7.62. The van der Waals surface area contributed by atoms with Gasteiger partial charge in [-0.05, 0) is 79.2 Å². The zero-order chi connectivity index (χ0) is 22.2. The number of halogens is 2. The number of fused-ring (bicyclic) bond motifs is 1. The second-order valence-corrected chi connectivity index (χ2v) is 8.11. The van der Waals surface area contributed by atoms with Gasteiger partial charge in [-0.2, -0.15) is 0 Å². The average molecular weight is 463 g/mol. The molecular weight excluding hydrogens is 447 g/mol. The third-order valence-electron chi connectivity index (χ3n) is 5.12. The van der Waals surface area contributed by atoms with Crippen molar-refractivity contribution in [2.24, 2.45) is 0 Å².